The van der Waals surface area contributed by atoms with Gasteiger partial charge in [-0.25, -0.2) is 0 Å². The van der Waals surface area contributed by atoms with Crippen LogP contribution in [0.3, 0.4) is 0 Å². The quantitative estimate of drug-likeness (QED) is 0.790. The summed E-state index contributed by atoms with van der Waals surface area (Å²) in [4.78, 5) is 0. The highest BCUT2D eigenvalue weighted by atomic mass is 16.5. The molecule has 1 aliphatic heterocycles. The van der Waals surface area contributed by atoms with Gasteiger partial charge in [-0.3, -0.25) is 0 Å². The molecule has 2 nitrogen and oxygen atoms in total. The molecule has 1 saturated heterocycles. The molecular weight excluding hydrogens is 174 g/mol. The summed E-state index contributed by atoms with van der Waals surface area (Å²) >= 11 is 0. The van der Waals surface area contributed by atoms with Crippen molar-refractivity contribution in [2.24, 2.45) is 0 Å². The molecule has 0 atom stereocenters. The second-order valence-electron chi connectivity index (χ2n) is 4.06. The molecule has 1 heterocycles. The van der Waals surface area contributed by atoms with Crippen LogP contribution < -0.4 is 10.1 Å². The first kappa shape index (κ1) is 9.53. The summed E-state index contributed by atoms with van der Waals surface area (Å²) in [5.74, 6) is 1.69. The van der Waals surface area contributed by atoms with Gasteiger partial charge in [0.15, 0.2) is 0 Å². The van der Waals surface area contributed by atoms with Crippen molar-refractivity contribution in [3.63, 3.8) is 0 Å². The van der Waals surface area contributed by atoms with E-state index in [1.165, 1.54) is 5.56 Å². The average molecular weight is 191 g/mol. The Bertz CT molecular complexity index is 305. The summed E-state index contributed by atoms with van der Waals surface area (Å²) in [6.07, 6.45) is 0.254. The molecule has 0 radical (unpaired) electrons. The lowest BCUT2D eigenvalue weighted by Gasteiger charge is -2.29. The van der Waals surface area contributed by atoms with Crippen molar-refractivity contribution in [1.82, 2.24) is 5.32 Å². The van der Waals surface area contributed by atoms with E-state index < -0.39 is 0 Å². The zero-order valence-corrected chi connectivity index (χ0v) is 8.79. The molecule has 2 heteroatoms. The summed E-state index contributed by atoms with van der Waals surface area (Å²) in [6, 6.07) is 8.35. The van der Waals surface area contributed by atoms with Crippen molar-refractivity contribution in [2.75, 3.05) is 13.1 Å². The molecule has 1 aliphatic rings. The van der Waals surface area contributed by atoms with Crippen LogP contribution in [0.4, 0.5) is 0 Å². The predicted octanol–water partition coefficient (Wildman–Crippen LogP) is 2.16. The highest BCUT2D eigenvalue weighted by Crippen LogP contribution is 2.29. The van der Waals surface area contributed by atoms with E-state index in [1.54, 1.807) is 0 Å². The highest BCUT2D eigenvalue weighted by Gasteiger charge is 2.22. The van der Waals surface area contributed by atoms with Gasteiger partial charge in [0, 0.05) is 19.0 Å². The third kappa shape index (κ3) is 1.90. The van der Waals surface area contributed by atoms with Gasteiger partial charge in [-0.05, 0) is 25.5 Å². The van der Waals surface area contributed by atoms with Crippen molar-refractivity contribution in [3.05, 3.63) is 29.8 Å². The van der Waals surface area contributed by atoms with E-state index in [4.69, 9.17) is 4.74 Å². The van der Waals surface area contributed by atoms with Gasteiger partial charge in [-0.2, -0.15) is 0 Å². The number of rotatable bonds is 3. The van der Waals surface area contributed by atoms with Crippen LogP contribution in [0.15, 0.2) is 24.3 Å². The van der Waals surface area contributed by atoms with E-state index in [0.717, 1.165) is 18.8 Å². The lowest BCUT2D eigenvalue weighted by atomic mass is 9.93. The second kappa shape index (κ2) is 4.01. The summed E-state index contributed by atoms with van der Waals surface area (Å²) in [5.41, 5.74) is 1.35. The maximum Gasteiger partial charge on any atom is 0.123 e. The maximum absolute atomic E-state index is 5.77. The molecule has 0 saturated carbocycles. The fourth-order valence-electron chi connectivity index (χ4n) is 1.69. The van der Waals surface area contributed by atoms with Crippen molar-refractivity contribution in [3.8, 4) is 5.75 Å². The summed E-state index contributed by atoms with van der Waals surface area (Å²) < 4.78 is 5.77. The van der Waals surface area contributed by atoms with Crippen molar-refractivity contribution in [2.45, 2.75) is 25.9 Å². The van der Waals surface area contributed by atoms with Crippen LogP contribution in [-0.2, 0) is 0 Å². The van der Waals surface area contributed by atoms with E-state index >= 15 is 0 Å². The van der Waals surface area contributed by atoms with Crippen molar-refractivity contribution >= 4 is 0 Å². The second-order valence-corrected chi connectivity index (χ2v) is 4.06. The number of ether oxygens (including phenoxy) is 1. The van der Waals surface area contributed by atoms with Gasteiger partial charge < -0.3 is 10.1 Å². The SMILES string of the molecule is CC(C)Oc1ccccc1C1CNC1. The van der Waals surface area contributed by atoms with Crippen LogP contribution in [0.5, 0.6) is 5.75 Å². The highest BCUT2D eigenvalue weighted by molar-refractivity contribution is 5.38. The fraction of sp³-hybridized carbons (Fsp3) is 0.500. The van der Waals surface area contributed by atoms with Crippen LogP contribution in [0, 0.1) is 0 Å². The van der Waals surface area contributed by atoms with Crippen LogP contribution in [0.2, 0.25) is 0 Å². The molecular formula is C12H17NO. The van der Waals surface area contributed by atoms with E-state index in [9.17, 15) is 0 Å². The van der Waals surface area contributed by atoms with E-state index in [0.29, 0.717) is 5.92 Å². The number of hydrogen-bond acceptors (Lipinski definition) is 2. The first-order chi connectivity index (χ1) is 6.77. The van der Waals surface area contributed by atoms with Gasteiger partial charge >= 0.3 is 0 Å². The van der Waals surface area contributed by atoms with Gasteiger partial charge in [0.25, 0.3) is 0 Å². The molecule has 0 amide bonds. The smallest absolute Gasteiger partial charge is 0.123 e. The molecule has 1 aromatic carbocycles. The Kier molecular flexibility index (Phi) is 2.73. The molecule has 1 aromatic rings. The minimum atomic E-state index is 0.254. The van der Waals surface area contributed by atoms with Gasteiger partial charge in [-0.1, -0.05) is 18.2 Å². The minimum absolute atomic E-state index is 0.254. The number of para-hydroxylation sites is 1. The van der Waals surface area contributed by atoms with Gasteiger partial charge in [0.1, 0.15) is 5.75 Å². The third-order valence-corrected chi connectivity index (χ3v) is 2.50. The Hall–Kier alpha value is -1.02. The van der Waals surface area contributed by atoms with Crippen LogP contribution in [0.25, 0.3) is 0 Å². The fourth-order valence-corrected chi connectivity index (χ4v) is 1.69. The molecule has 76 valence electrons. The van der Waals surface area contributed by atoms with Gasteiger partial charge in [-0.15, -0.1) is 0 Å². The first-order valence-electron chi connectivity index (χ1n) is 5.23. The number of hydrogen-bond donors (Lipinski definition) is 1. The van der Waals surface area contributed by atoms with Crippen molar-refractivity contribution < 1.29 is 4.74 Å². The molecule has 0 spiro atoms. The van der Waals surface area contributed by atoms with E-state index in [2.05, 4.69) is 37.4 Å². The van der Waals surface area contributed by atoms with Crippen LogP contribution in [0.1, 0.15) is 25.3 Å². The summed E-state index contributed by atoms with van der Waals surface area (Å²) in [7, 11) is 0. The van der Waals surface area contributed by atoms with E-state index in [1.807, 2.05) is 6.07 Å². The van der Waals surface area contributed by atoms with Gasteiger partial charge in [0.2, 0.25) is 0 Å². The van der Waals surface area contributed by atoms with Crippen molar-refractivity contribution in [1.29, 1.82) is 0 Å². The lowest BCUT2D eigenvalue weighted by molar-refractivity contribution is 0.236. The number of benzene rings is 1. The molecule has 14 heavy (non-hydrogen) atoms. The monoisotopic (exact) mass is 191 g/mol. The predicted molar refractivity (Wildman–Crippen MR) is 57.8 cm³/mol. The normalized spacial score (nSPS) is 16.8. The Balaban J connectivity index is 2.19. The third-order valence-electron chi connectivity index (χ3n) is 2.50. The molecule has 0 bridgehead atoms. The lowest BCUT2D eigenvalue weighted by Crippen LogP contribution is -2.40. The standard InChI is InChI=1S/C12H17NO/c1-9(2)14-12-6-4-3-5-11(12)10-7-13-8-10/h3-6,9-10,13H,7-8H2,1-2H3. The maximum atomic E-state index is 5.77. The first-order valence-corrected chi connectivity index (χ1v) is 5.23. The van der Waals surface area contributed by atoms with E-state index in [-0.39, 0.29) is 6.10 Å². The average Bonchev–Trinajstić information content (AvgIpc) is 2.04. The molecule has 0 unspecified atom stereocenters. The van der Waals surface area contributed by atoms with Gasteiger partial charge in [0.05, 0.1) is 6.10 Å². The molecule has 0 aliphatic carbocycles. The Morgan fingerprint density at radius 1 is 1.29 bits per heavy atom. The topological polar surface area (TPSA) is 21.3 Å². The summed E-state index contributed by atoms with van der Waals surface area (Å²) in [6.45, 7) is 6.29. The zero-order chi connectivity index (χ0) is 9.97. The van der Waals surface area contributed by atoms with Crippen LogP contribution >= 0.6 is 0 Å². The molecule has 0 aromatic heterocycles. The Morgan fingerprint density at radius 3 is 2.57 bits per heavy atom. The largest absolute Gasteiger partial charge is 0.491 e. The zero-order valence-electron chi connectivity index (χ0n) is 8.79. The molecule has 1 fully saturated rings. The molecule has 2 rings (SSSR count). The summed E-state index contributed by atoms with van der Waals surface area (Å²) in [5, 5.41) is 3.28. The molecule has 1 N–H and O–H groups in total. The van der Waals surface area contributed by atoms with Crippen LogP contribution in [-0.4, -0.2) is 19.2 Å². The Labute approximate surface area is 85.3 Å². The minimum Gasteiger partial charge on any atom is -0.491 e. The Morgan fingerprint density at radius 2 is 2.00 bits per heavy atom. The number of nitrogens with one attached hydrogen (secondary N) is 1.